The number of likely N-dealkylation sites (N-methyl/N-ethyl adjacent to an activating group) is 1. The Bertz CT molecular complexity index is 1960. The van der Waals surface area contributed by atoms with Crippen LogP contribution in [-0.2, 0) is 16.6 Å². The number of likely N-dealkylation sites (tertiary alicyclic amines) is 1. The Labute approximate surface area is 292 Å². The third-order valence-electron chi connectivity index (χ3n) is 10.1. The first-order valence-electron chi connectivity index (χ1n) is 16.6. The molecule has 7 rings (SSSR count). The maximum Gasteiger partial charge on any atom is 0.287 e. The van der Waals surface area contributed by atoms with E-state index < -0.39 is 29.7 Å². The number of imide groups is 2. The summed E-state index contributed by atoms with van der Waals surface area (Å²) in [6.45, 7) is 3.68. The van der Waals surface area contributed by atoms with Crippen LogP contribution in [-0.4, -0.2) is 112 Å². The number of benzene rings is 2. The zero-order valence-corrected chi connectivity index (χ0v) is 28.5. The average molecular weight is 701 g/mol. The first-order chi connectivity index (χ1) is 24.0. The van der Waals surface area contributed by atoms with E-state index in [-0.39, 0.29) is 52.4 Å². The van der Waals surface area contributed by atoms with Crippen molar-refractivity contribution in [2.75, 3.05) is 56.5 Å². The molecule has 1 aromatic heterocycles. The Balaban J connectivity index is 0.960. The highest BCUT2D eigenvalue weighted by molar-refractivity contribution is 6.33. The van der Waals surface area contributed by atoms with E-state index in [9.17, 15) is 28.8 Å². The first kappa shape index (κ1) is 33.4. The molecule has 2 aromatic carbocycles. The zero-order valence-electron chi connectivity index (χ0n) is 27.7. The van der Waals surface area contributed by atoms with Crippen molar-refractivity contribution in [3.63, 3.8) is 0 Å². The molecule has 4 aliphatic heterocycles. The molecule has 0 aliphatic carbocycles. The average Bonchev–Trinajstić information content (AvgIpc) is 3.36. The van der Waals surface area contributed by atoms with Crippen LogP contribution in [0.1, 0.15) is 61.8 Å². The SMILES string of the molecule is CN1C[C@H](Nc2cnn(C)c(=O)c2Cl)C[C@H](c2ccc(C(=O)N3CCN(c4ccc5c(c4)C(=O)N(C4CCC(=O)NC4=O)C5=O)CC3)cc2)C1. The van der Waals surface area contributed by atoms with Gasteiger partial charge >= 0.3 is 0 Å². The molecule has 0 bridgehead atoms. The molecular formula is C35H37ClN8O6. The van der Waals surface area contributed by atoms with Crippen LogP contribution < -0.4 is 21.1 Å². The second-order valence-electron chi connectivity index (χ2n) is 13.4. The van der Waals surface area contributed by atoms with Gasteiger partial charge in [-0.3, -0.25) is 39.0 Å². The van der Waals surface area contributed by atoms with Gasteiger partial charge in [0.2, 0.25) is 11.8 Å². The summed E-state index contributed by atoms with van der Waals surface area (Å²) in [5, 5.41) is 9.81. The Kier molecular flexibility index (Phi) is 8.91. The lowest BCUT2D eigenvalue weighted by Gasteiger charge is -2.37. The normalized spacial score (nSPS) is 22.9. The Morgan fingerprint density at radius 3 is 2.36 bits per heavy atom. The molecule has 3 saturated heterocycles. The number of nitrogens with one attached hydrogen (secondary N) is 2. The van der Waals surface area contributed by atoms with Crippen LogP contribution in [0.2, 0.25) is 5.02 Å². The number of carbonyl (C=O) groups excluding carboxylic acids is 5. The minimum absolute atomic E-state index is 0.0521. The summed E-state index contributed by atoms with van der Waals surface area (Å²) in [5.41, 5.74) is 3.12. The number of amides is 5. The smallest absolute Gasteiger partial charge is 0.287 e. The molecule has 4 aliphatic rings. The van der Waals surface area contributed by atoms with Crippen molar-refractivity contribution >= 4 is 52.5 Å². The molecule has 0 radical (unpaired) electrons. The maximum absolute atomic E-state index is 13.5. The predicted octanol–water partition coefficient (Wildman–Crippen LogP) is 1.70. The second kappa shape index (κ2) is 13.3. The Morgan fingerprint density at radius 1 is 0.920 bits per heavy atom. The molecule has 3 atom stereocenters. The van der Waals surface area contributed by atoms with Gasteiger partial charge in [-0.15, -0.1) is 0 Å². The van der Waals surface area contributed by atoms with E-state index in [1.807, 2.05) is 29.2 Å². The highest BCUT2D eigenvalue weighted by Gasteiger charge is 2.45. The lowest BCUT2D eigenvalue weighted by molar-refractivity contribution is -0.136. The van der Waals surface area contributed by atoms with Crippen LogP contribution in [0.3, 0.4) is 0 Å². The number of anilines is 2. The van der Waals surface area contributed by atoms with Crippen LogP contribution in [0.4, 0.5) is 11.4 Å². The molecule has 5 heterocycles. The fourth-order valence-electron chi connectivity index (χ4n) is 7.40. The van der Waals surface area contributed by atoms with Gasteiger partial charge in [0.25, 0.3) is 23.3 Å². The molecule has 3 fully saturated rings. The molecule has 260 valence electrons. The third-order valence-corrected chi connectivity index (χ3v) is 10.4. The van der Waals surface area contributed by atoms with Crippen molar-refractivity contribution in [1.82, 2.24) is 29.8 Å². The Morgan fingerprint density at radius 2 is 1.64 bits per heavy atom. The number of piperazine rings is 1. The maximum atomic E-state index is 13.5. The fourth-order valence-corrected chi connectivity index (χ4v) is 7.63. The Hall–Kier alpha value is -5.08. The molecule has 0 spiro atoms. The predicted molar refractivity (Wildman–Crippen MR) is 184 cm³/mol. The van der Waals surface area contributed by atoms with Gasteiger partial charge in [-0.05, 0) is 61.7 Å². The minimum Gasteiger partial charge on any atom is -0.378 e. The number of aryl methyl sites for hydroxylation is 1. The molecule has 1 unspecified atom stereocenters. The number of hydrogen-bond donors (Lipinski definition) is 2. The van der Waals surface area contributed by atoms with Gasteiger partial charge in [-0.25, -0.2) is 4.68 Å². The standard InChI is InChI=1S/C35H37ClN8O6/c1-40-18-22(15-23(19-40)38-27-17-37-41(2)35(50)30(27)36)20-3-5-21(6-4-20)32(47)43-13-11-42(12-14-43)24-7-8-25-26(16-24)34(49)44(33(25)48)28-9-10-29(45)39-31(28)46/h3-8,16-17,22-23,28,38H,9-15,18-19H2,1-2H3,(H,39,45,46)/t22-,23+,28?/m0/s1. The minimum atomic E-state index is -1.01. The van der Waals surface area contributed by atoms with Crippen molar-refractivity contribution in [1.29, 1.82) is 0 Å². The molecule has 3 aromatic rings. The number of piperidine rings is 2. The van der Waals surface area contributed by atoms with Gasteiger partial charge in [-0.1, -0.05) is 23.7 Å². The molecule has 15 heteroatoms. The van der Waals surface area contributed by atoms with Gasteiger partial charge in [0.1, 0.15) is 11.1 Å². The summed E-state index contributed by atoms with van der Waals surface area (Å²) in [6, 6.07) is 11.9. The number of aromatic nitrogens is 2. The summed E-state index contributed by atoms with van der Waals surface area (Å²) in [5.74, 6) is -1.99. The van der Waals surface area contributed by atoms with E-state index in [4.69, 9.17) is 11.6 Å². The monoisotopic (exact) mass is 700 g/mol. The van der Waals surface area contributed by atoms with Crippen LogP contribution in [0.15, 0.2) is 53.5 Å². The van der Waals surface area contributed by atoms with Crippen LogP contribution in [0.5, 0.6) is 0 Å². The zero-order chi connectivity index (χ0) is 35.3. The third kappa shape index (κ3) is 6.24. The van der Waals surface area contributed by atoms with E-state index in [1.165, 1.54) is 4.68 Å². The summed E-state index contributed by atoms with van der Waals surface area (Å²) in [6.07, 6.45) is 2.56. The van der Waals surface area contributed by atoms with Gasteiger partial charge in [0.15, 0.2) is 0 Å². The molecular weight excluding hydrogens is 664 g/mol. The quantitative estimate of drug-likeness (QED) is 0.363. The van der Waals surface area contributed by atoms with E-state index >= 15 is 0 Å². The van der Waals surface area contributed by atoms with Crippen molar-refractivity contribution in [2.45, 2.75) is 37.3 Å². The molecule has 5 amide bonds. The number of fused-ring (bicyclic) bond motifs is 1. The van der Waals surface area contributed by atoms with E-state index in [0.29, 0.717) is 37.4 Å². The lowest BCUT2D eigenvalue weighted by atomic mass is 9.87. The lowest BCUT2D eigenvalue weighted by Crippen LogP contribution is -2.54. The van der Waals surface area contributed by atoms with Crippen molar-refractivity contribution in [2.24, 2.45) is 7.05 Å². The van der Waals surface area contributed by atoms with Gasteiger partial charge in [-0.2, -0.15) is 5.10 Å². The van der Waals surface area contributed by atoms with E-state index in [0.717, 1.165) is 35.7 Å². The number of halogens is 1. The van der Waals surface area contributed by atoms with Crippen LogP contribution in [0.25, 0.3) is 0 Å². The van der Waals surface area contributed by atoms with Gasteiger partial charge < -0.3 is 20.0 Å². The number of carbonyl (C=O) groups is 5. The van der Waals surface area contributed by atoms with Gasteiger partial charge in [0.05, 0.1) is 23.0 Å². The number of nitrogens with zero attached hydrogens (tertiary/aromatic N) is 6. The number of hydrogen-bond acceptors (Lipinski definition) is 10. The fraction of sp³-hybridized carbons (Fsp3) is 0.400. The van der Waals surface area contributed by atoms with Gasteiger partial charge in [0, 0.05) is 70.0 Å². The summed E-state index contributed by atoms with van der Waals surface area (Å²) in [4.78, 5) is 83.1. The van der Waals surface area contributed by atoms with Crippen molar-refractivity contribution < 1.29 is 24.0 Å². The second-order valence-corrected chi connectivity index (χ2v) is 13.8. The van der Waals surface area contributed by atoms with Crippen molar-refractivity contribution in [3.05, 3.63) is 86.3 Å². The topological polar surface area (TPSA) is 157 Å². The summed E-state index contributed by atoms with van der Waals surface area (Å²) in [7, 11) is 3.61. The molecule has 2 N–H and O–H groups in total. The highest BCUT2D eigenvalue weighted by Crippen LogP contribution is 2.32. The number of rotatable bonds is 6. The molecule has 14 nitrogen and oxygen atoms in total. The van der Waals surface area contributed by atoms with E-state index in [1.54, 1.807) is 31.4 Å². The first-order valence-corrected chi connectivity index (χ1v) is 17.0. The van der Waals surface area contributed by atoms with E-state index in [2.05, 4.69) is 32.6 Å². The summed E-state index contributed by atoms with van der Waals surface area (Å²) >= 11 is 6.29. The van der Waals surface area contributed by atoms with Crippen LogP contribution in [0, 0.1) is 0 Å². The molecule has 0 saturated carbocycles. The summed E-state index contributed by atoms with van der Waals surface area (Å²) < 4.78 is 1.20. The highest BCUT2D eigenvalue weighted by atomic mass is 35.5. The van der Waals surface area contributed by atoms with Crippen LogP contribution >= 0.6 is 11.6 Å². The largest absolute Gasteiger partial charge is 0.378 e. The molecule has 50 heavy (non-hydrogen) atoms. The van der Waals surface area contributed by atoms with Crippen molar-refractivity contribution in [3.8, 4) is 0 Å².